The van der Waals surface area contributed by atoms with Crippen LogP contribution in [-0.4, -0.2) is 44.4 Å². The van der Waals surface area contributed by atoms with Crippen LogP contribution in [0.15, 0.2) is 36.4 Å². The maximum Gasteiger partial charge on any atom is 0.200 e. The third-order valence-corrected chi connectivity index (χ3v) is 4.11. The molecule has 2 aromatic heterocycles. The van der Waals surface area contributed by atoms with E-state index in [9.17, 15) is 4.39 Å². The van der Waals surface area contributed by atoms with Gasteiger partial charge in [-0.1, -0.05) is 12.1 Å². The summed E-state index contributed by atoms with van der Waals surface area (Å²) in [4.78, 5) is 2.20. The molecule has 3 aromatic rings. The zero-order valence-electron chi connectivity index (χ0n) is 12.4. The summed E-state index contributed by atoms with van der Waals surface area (Å²) in [5.41, 5.74) is 1.20. The first-order valence-corrected chi connectivity index (χ1v) is 7.61. The molecule has 0 aliphatic carbocycles. The van der Waals surface area contributed by atoms with Crippen LogP contribution >= 0.6 is 0 Å². The first kappa shape index (κ1) is 13.9. The third kappa shape index (κ3) is 2.79. The number of benzene rings is 1. The summed E-state index contributed by atoms with van der Waals surface area (Å²) in [7, 11) is 0. The van der Waals surface area contributed by atoms with Crippen molar-refractivity contribution in [1.82, 2.24) is 25.3 Å². The van der Waals surface area contributed by atoms with Crippen molar-refractivity contribution in [2.24, 2.45) is 0 Å². The number of aromatic nitrogens is 5. The summed E-state index contributed by atoms with van der Waals surface area (Å²) in [5.74, 6) is 0.648. The van der Waals surface area contributed by atoms with Gasteiger partial charge in [0.15, 0.2) is 11.5 Å². The van der Waals surface area contributed by atoms with Gasteiger partial charge in [-0.25, -0.2) is 4.39 Å². The standard InChI is InChI=1S/C15H16FN7/c16-12-3-1-2-4-13(12)17-11-7-9-22(10-8-11)15-6-5-14-18-20-21-23(14)19-15/h1-6,11,17H,7-10H2. The van der Waals surface area contributed by atoms with Gasteiger partial charge < -0.3 is 10.2 Å². The van der Waals surface area contributed by atoms with E-state index in [-0.39, 0.29) is 11.9 Å². The van der Waals surface area contributed by atoms with Crippen LogP contribution < -0.4 is 10.2 Å². The van der Waals surface area contributed by atoms with Gasteiger partial charge in [0.1, 0.15) is 5.82 Å². The Bertz CT molecular complexity index is 810. The lowest BCUT2D eigenvalue weighted by molar-refractivity contribution is 0.516. The molecule has 0 saturated carbocycles. The van der Waals surface area contributed by atoms with Crippen LogP contribution in [0, 0.1) is 5.82 Å². The average molecular weight is 313 g/mol. The largest absolute Gasteiger partial charge is 0.380 e. The molecule has 1 N–H and O–H groups in total. The molecule has 118 valence electrons. The van der Waals surface area contributed by atoms with Crippen LogP contribution in [0.4, 0.5) is 15.9 Å². The predicted molar refractivity (Wildman–Crippen MR) is 83.8 cm³/mol. The predicted octanol–water partition coefficient (Wildman–Crippen LogP) is 1.74. The number of rotatable bonds is 3. The number of fused-ring (bicyclic) bond motifs is 1. The van der Waals surface area contributed by atoms with Crippen molar-refractivity contribution in [1.29, 1.82) is 0 Å². The van der Waals surface area contributed by atoms with E-state index < -0.39 is 0 Å². The Balaban J connectivity index is 1.41. The van der Waals surface area contributed by atoms with E-state index >= 15 is 0 Å². The van der Waals surface area contributed by atoms with E-state index in [1.165, 1.54) is 10.7 Å². The minimum atomic E-state index is -0.208. The van der Waals surface area contributed by atoms with Crippen molar-refractivity contribution < 1.29 is 4.39 Å². The van der Waals surface area contributed by atoms with Crippen LogP contribution in [0.2, 0.25) is 0 Å². The molecule has 0 amide bonds. The van der Waals surface area contributed by atoms with Crippen LogP contribution in [-0.2, 0) is 0 Å². The van der Waals surface area contributed by atoms with Crippen LogP contribution in [0.5, 0.6) is 0 Å². The molecule has 0 unspecified atom stereocenters. The number of nitrogens with one attached hydrogen (secondary N) is 1. The van der Waals surface area contributed by atoms with Gasteiger partial charge in [-0.15, -0.1) is 14.8 Å². The first-order chi connectivity index (χ1) is 11.3. The normalized spacial score (nSPS) is 16.0. The van der Waals surface area contributed by atoms with Crippen molar-refractivity contribution >= 4 is 17.2 Å². The molecule has 0 bridgehead atoms. The van der Waals surface area contributed by atoms with Crippen molar-refractivity contribution in [3.63, 3.8) is 0 Å². The Morgan fingerprint density at radius 3 is 2.74 bits per heavy atom. The second kappa shape index (κ2) is 5.79. The molecular weight excluding hydrogens is 297 g/mol. The van der Waals surface area contributed by atoms with E-state index in [1.807, 2.05) is 18.2 Å². The summed E-state index contributed by atoms with van der Waals surface area (Å²) in [6.07, 6.45) is 1.84. The van der Waals surface area contributed by atoms with Crippen molar-refractivity contribution in [2.45, 2.75) is 18.9 Å². The molecule has 4 rings (SSSR count). The molecule has 0 radical (unpaired) electrons. The fraction of sp³-hybridized carbons (Fsp3) is 0.333. The Morgan fingerprint density at radius 2 is 1.91 bits per heavy atom. The molecule has 3 heterocycles. The number of para-hydroxylation sites is 1. The number of piperidine rings is 1. The fourth-order valence-electron chi connectivity index (χ4n) is 2.86. The first-order valence-electron chi connectivity index (χ1n) is 7.61. The Kier molecular flexibility index (Phi) is 3.49. The maximum atomic E-state index is 13.7. The van der Waals surface area contributed by atoms with E-state index in [0.717, 1.165) is 31.7 Å². The smallest absolute Gasteiger partial charge is 0.200 e. The topological polar surface area (TPSA) is 71.2 Å². The van der Waals surface area contributed by atoms with E-state index in [1.54, 1.807) is 12.1 Å². The number of hydrogen-bond donors (Lipinski definition) is 1. The van der Waals surface area contributed by atoms with Crippen LogP contribution in [0.1, 0.15) is 12.8 Å². The van der Waals surface area contributed by atoms with Crippen LogP contribution in [0.25, 0.3) is 5.65 Å². The molecule has 23 heavy (non-hydrogen) atoms. The lowest BCUT2D eigenvalue weighted by atomic mass is 10.0. The highest BCUT2D eigenvalue weighted by Gasteiger charge is 2.21. The van der Waals surface area contributed by atoms with Gasteiger partial charge >= 0.3 is 0 Å². The Morgan fingerprint density at radius 1 is 1.09 bits per heavy atom. The highest BCUT2D eigenvalue weighted by Crippen LogP contribution is 2.22. The van der Waals surface area contributed by atoms with Gasteiger partial charge in [0.2, 0.25) is 0 Å². The van der Waals surface area contributed by atoms with Gasteiger partial charge in [-0.3, -0.25) is 0 Å². The minimum Gasteiger partial charge on any atom is -0.380 e. The van der Waals surface area contributed by atoms with Crippen molar-refractivity contribution in [2.75, 3.05) is 23.3 Å². The van der Waals surface area contributed by atoms with E-state index in [0.29, 0.717) is 11.3 Å². The number of hydrogen-bond acceptors (Lipinski definition) is 6. The Hall–Kier alpha value is -2.77. The molecule has 1 saturated heterocycles. The Labute approximate surface area is 132 Å². The number of halogens is 1. The number of anilines is 2. The average Bonchev–Trinajstić information content (AvgIpc) is 3.05. The molecule has 0 spiro atoms. The van der Waals surface area contributed by atoms with E-state index in [4.69, 9.17) is 0 Å². The van der Waals surface area contributed by atoms with Gasteiger partial charge in [0.25, 0.3) is 0 Å². The molecule has 7 nitrogen and oxygen atoms in total. The number of tetrazole rings is 1. The van der Waals surface area contributed by atoms with Crippen molar-refractivity contribution in [3.8, 4) is 0 Å². The maximum absolute atomic E-state index is 13.7. The quantitative estimate of drug-likeness (QED) is 0.794. The molecule has 1 aromatic carbocycles. The van der Waals surface area contributed by atoms with Crippen molar-refractivity contribution in [3.05, 3.63) is 42.2 Å². The van der Waals surface area contributed by atoms with Gasteiger partial charge in [-0.05, 0) is 47.5 Å². The molecule has 0 atom stereocenters. The van der Waals surface area contributed by atoms with Gasteiger partial charge in [0, 0.05) is 19.1 Å². The highest BCUT2D eigenvalue weighted by molar-refractivity contribution is 5.47. The number of nitrogens with zero attached hydrogens (tertiary/aromatic N) is 6. The zero-order valence-corrected chi connectivity index (χ0v) is 12.4. The SMILES string of the molecule is Fc1ccccc1NC1CCN(c2ccc3nnnn3n2)CC1. The van der Waals surface area contributed by atoms with Crippen LogP contribution in [0.3, 0.4) is 0 Å². The summed E-state index contributed by atoms with van der Waals surface area (Å²) in [6, 6.07) is 10.8. The molecule has 1 fully saturated rings. The van der Waals surface area contributed by atoms with Gasteiger partial charge in [-0.2, -0.15) is 0 Å². The third-order valence-electron chi connectivity index (χ3n) is 4.11. The molecule has 8 heteroatoms. The second-order valence-corrected chi connectivity index (χ2v) is 5.60. The van der Waals surface area contributed by atoms with E-state index in [2.05, 4.69) is 30.8 Å². The second-order valence-electron chi connectivity index (χ2n) is 5.60. The molecule has 1 aliphatic heterocycles. The summed E-state index contributed by atoms with van der Waals surface area (Å²) < 4.78 is 15.1. The lowest BCUT2D eigenvalue weighted by Gasteiger charge is -2.33. The van der Waals surface area contributed by atoms with Gasteiger partial charge in [0.05, 0.1) is 5.69 Å². The monoisotopic (exact) mass is 313 g/mol. The molecule has 1 aliphatic rings. The molecular formula is C15H16FN7. The summed E-state index contributed by atoms with van der Waals surface area (Å²) >= 11 is 0. The zero-order chi connectivity index (χ0) is 15.6. The summed E-state index contributed by atoms with van der Waals surface area (Å²) in [6.45, 7) is 1.71. The lowest BCUT2D eigenvalue weighted by Crippen LogP contribution is -2.39. The fourth-order valence-corrected chi connectivity index (χ4v) is 2.86. The summed E-state index contributed by atoms with van der Waals surface area (Å²) in [5, 5.41) is 19.0. The highest BCUT2D eigenvalue weighted by atomic mass is 19.1. The minimum absolute atomic E-state index is 0.208.